The van der Waals surface area contributed by atoms with Crippen LogP contribution in [0.15, 0.2) is 66.7 Å². The second kappa shape index (κ2) is 10.7. The summed E-state index contributed by atoms with van der Waals surface area (Å²) < 4.78 is 5.77. The first-order valence-electron chi connectivity index (χ1n) is 12.9. The Bertz CT molecular complexity index is 1290. The van der Waals surface area contributed by atoms with E-state index in [0.717, 1.165) is 11.1 Å². The second-order valence-electron chi connectivity index (χ2n) is 9.70. The van der Waals surface area contributed by atoms with Gasteiger partial charge in [0.1, 0.15) is 5.75 Å². The average molecular weight is 500 g/mol. The molecule has 0 saturated heterocycles. The van der Waals surface area contributed by atoms with Crippen LogP contribution in [0.5, 0.6) is 5.75 Å². The third-order valence-electron chi connectivity index (χ3n) is 7.38. The van der Waals surface area contributed by atoms with Gasteiger partial charge in [-0.25, -0.2) is 0 Å². The average Bonchev–Trinajstić information content (AvgIpc) is 3.26. The zero-order chi connectivity index (χ0) is 25.9. The fraction of sp³-hybridized carbons (Fsp3) is 0.333. The first-order valence-corrected chi connectivity index (χ1v) is 12.9. The molecule has 2 amide bonds. The summed E-state index contributed by atoms with van der Waals surface area (Å²) in [6.45, 7) is 5.44. The summed E-state index contributed by atoms with van der Waals surface area (Å²) in [5.41, 5.74) is 5.24. The van der Waals surface area contributed by atoms with Crippen molar-refractivity contribution >= 4 is 11.8 Å². The number of benzene rings is 3. The summed E-state index contributed by atoms with van der Waals surface area (Å²) in [4.78, 5) is 28.3. The largest absolute Gasteiger partial charge is 0.493 e. The van der Waals surface area contributed by atoms with Crippen molar-refractivity contribution in [2.45, 2.75) is 51.5 Å². The number of aliphatic hydroxyl groups excluding tert-OH is 1. The van der Waals surface area contributed by atoms with Crippen LogP contribution in [-0.4, -0.2) is 47.1 Å². The summed E-state index contributed by atoms with van der Waals surface area (Å²) in [6.07, 6.45) is -0.0422. The molecule has 7 heteroatoms. The lowest BCUT2D eigenvalue weighted by atomic mass is 9.93. The molecule has 0 bridgehead atoms. The van der Waals surface area contributed by atoms with Gasteiger partial charge in [-0.15, -0.1) is 0 Å². The molecule has 3 atom stereocenters. The number of carbonyl (C=O) groups excluding carboxylic acids is 2. The molecule has 3 N–H and O–H groups in total. The van der Waals surface area contributed by atoms with Crippen molar-refractivity contribution in [2.24, 2.45) is 0 Å². The SMILES string of the molecule is CCOc1cc2c(cc1C(=O)NC[C@@H](O)[C@@H]1Cc3ccccc3CN1)CN([C@H](C)c1ccccc1)C2=O. The van der Waals surface area contributed by atoms with E-state index in [1.54, 1.807) is 12.1 Å². The van der Waals surface area contributed by atoms with Gasteiger partial charge in [0.2, 0.25) is 0 Å². The van der Waals surface area contributed by atoms with Gasteiger partial charge in [0, 0.05) is 31.2 Å². The number of fused-ring (bicyclic) bond motifs is 2. The van der Waals surface area contributed by atoms with Gasteiger partial charge in [0.15, 0.2) is 0 Å². The van der Waals surface area contributed by atoms with Crippen molar-refractivity contribution in [1.82, 2.24) is 15.5 Å². The molecule has 0 fully saturated rings. The van der Waals surface area contributed by atoms with Crippen molar-refractivity contribution in [1.29, 1.82) is 0 Å². The van der Waals surface area contributed by atoms with E-state index in [0.29, 0.717) is 43.0 Å². The lowest BCUT2D eigenvalue weighted by Crippen LogP contribution is -2.49. The standard InChI is InChI=1S/C30H33N3O4/c1-3-37-28-15-24-23(18-33(30(24)36)19(2)20-9-5-4-6-10-20)13-25(28)29(35)32-17-27(34)26-14-21-11-7-8-12-22(21)16-31-26/h4-13,15,19,26-27,31,34H,3,14,16-18H2,1-2H3,(H,32,35)/t19-,26+,27-/m1/s1. The van der Waals surface area contributed by atoms with E-state index in [1.807, 2.05) is 61.2 Å². The van der Waals surface area contributed by atoms with Crippen LogP contribution in [0.3, 0.4) is 0 Å². The summed E-state index contributed by atoms with van der Waals surface area (Å²) in [6, 6.07) is 21.3. The summed E-state index contributed by atoms with van der Waals surface area (Å²) in [5.74, 6) is -0.0256. The molecule has 2 aliphatic rings. The van der Waals surface area contributed by atoms with Crippen LogP contribution in [0.2, 0.25) is 0 Å². The van der Waals surface area contributed by atoms with Crippen LogP contribution in [0.4, 0.5) is 0 Å². The third kappa shape index (κ3) is 5.10. The highest BCUT2D eigenvalue weighted by atomic mass is 16.5. The van der Waals surface area contributed by atoms with Crippen molar-refractivity contribution in [3.63, 3.8) is 0 Å². The van der Waals surface area contributed by atoms with Crippen LogP contribution < -0.4 is 15.4 Å². The smallest absolute Gasteiger partial charge is 0.255 e. The lowest BCUT2D eigenvalue weighted by Gasteiger charge is -2.30. The number of aliphatic hydroxyl groups is 1. The summed E-state index contributed by atoms with van der Waals surface area (Å²) in [7, 11) is 0. The van der Waals surface area contributed by atoms with Gasteiger partial charge < -0.3 is 25.4 Å². The topological polar surface area (TPSA) is 90.9 Å². The number of rotatable bonds is 8. The molecule has 0 spiro atoms. The first kappa shape index (κ1) is 25.0. The van der Waals surface area contributed by atoms with Crippen LogP contribution in [-0.2, 0) is 19.5 Å². The maximum absolute atomic E-state index is 13.3. The summed E-state index contributed by atoms with van der Waals surface area (Å²) >= 11 is 0. The molecule has 5 rings (SSSR count). The number of carbonyl (C=O) groups is 2. The second-order valence-corrected chi connectivity index (χ2v) is 9.70. The highest BCUT2D eigenvalue weighted by molar-refractivity contribution is 6.03. The zero-order valence-corrected chi connectivity index (χ0v) is 21.2. The fourth-order valence-electron chi connectivity index (χ4n) is 5.23. The zero-order valence-electron chi connectivity index (χ0n) is 21.2. The number of hydrogen-bond donors (Lipinski definition) is 3. The minimum absolute atomic E-state index is 0.0710. The Morgan fingerprint density at radius 1 is 1.11 bits per heavy atom. The van der Waals surface area contributed by atoms with Gasteiger partial charge in [0.05, 0.1) is 24.3 Å². The van der Waals surface area contributed by atoms with E-state index < -0.39 is 6.10 Å². The number of nitrogens with zero attached hydrogens (tertiary/aromatic N) is 1. The Kier molecular flexibility index (Phi) is 7.26. The molecule has 37 heavy (non-hydrogen) atoms. The van der Waals surface area contributed by atoms with E-state index in [1.165, 1.54) is 11.1 Å². The van der Waals surface area contributed by atoms with E-state index in [9.17, 15) is 14.7 Å². The maximum atomic E-state index is 13.3. The Hall–Kier alpha value is -3.68. The molecule has 0 aliphatic carbocycles. The third-order valence-corrected chi connectivity index (χ3v) is 7.38. The molecule has 0 radical (unpaired) electrons. The normalized spacial score (nSPS) is 18.1. The van der Waals surface area contributed by atoms with Gasteiger partial charge in [-0.05, 0) is 54.7 Å². The quantitative estimate of drug-likeness (QED) is 0.441. The molecule has 2 aliphatic heterocycles. The van der Waals surface area contributed by atoms with Crippen LogP contribution in [0, 0.1) is 0 Å². The van der Waals surface area contributed by atoms with E-state index >= 15 is 0 Å². The molecule has 7 nitrogen and oxygen atoms in total. The van der Waals surface area contributed by atoms with Crippen molar-refractivity contribution < 1.29 is 19.4 Å². The Morgan fingerprint density at radius 3 is 2.59 bits per heavy atom. The molecule has 3 aromatic carbocycles. The number of hydrogen-bond acceptors (Lipinski definition) is 5. The number of nitrogens with one attached hydrogen (secondary N) is 2. The monoisotopic (exact) mass is 499 g/mol. The molecule has 3 aromatic rings. The van der Waals surface area contributed by atoms with Gasteiger partial charge in [0.25, 0.3) is 11.8 Å². The van der Waals surface area contributed by atoms with Crippen LogP contribution >= 0.6 is 0 Å². The Balaban J connectivity index is 1.29. The number of ether oxygens (including phenoxy) is 1. The van der Waals surface area contributed by atoms with Crippen molar-refractivity contribution in [3.8, 4) is 5.75 Å². The van der Waals surface area contributed by atoms with E-state index in [2.05, 4.69) is 22.8 Å². The van der Waals surface area contributed by atoms with E-state index in [4.69, 9.17) is 4.74 Å². The summed E-state index contributed by atoms with van der Waals surface area (Å²) in [5, 5.41) is 17.0. The molecule has 192 valence electrons. The molecule has 0 saturated carbocycles. The van der Waals surface area contributed by atoms with Gasteiger partial charge >= 0.3 is 0 Å². The molecule has 0 aromatic heterocycles. The predicted octanol–water partition coefficient (Wildman–Crippen LogP) is 3.61. The highest BCUT2D eigenvalue weighted by Crippen LogP contribution is 2.35. The fourth-order valence-corrected chi connectivity index (χ4v) is 5.23. The minimum Gasteiger partial charge on any atom is -0.493 e. The van der Waals surface area contributed by atoms with Crippen LogP contribution in [0.25, 0.3) is 0 Å². The Labute approximate surface area is 217 Å². The molecular weight excluding hydrogens is 466 g/mol. The van der Waals surface area contributed by atoms with Crippen molar-refractivity contribution in [2.75, 3.05) is 13.2 Å². The highest BCUT2D eigenvalue weighted by Gasteiger charge is 2.34. The first-order chi connectivity index (χ1) is 18.0. The molecular formula is C30H33N3O4. The maximum Gasteiger partial charge on any atom is 0.255 e. The van der Waals surface area contributed by atoms with Gasteiger partial charge in [-0.2, -0.15) is 0 Å². The Morgan fingerprint density at radius 2 is 1.84 bits per heavy atom. The van der Waals surface area contributed by atoms with E-state index in [-0.39, 0.29) is 30.4 Å². The minimum atomic E-state index is -0.744. The molecule has 0 unspecified atom stereocenters. The molecule has 2 heterocycles. The predicted molar refractivity (Wildman–Crippen MR) is 141 cm³/mol. The lowest BCUT2D eigenvalue weighted by molar-refractivity contribution is 0.0715. The van der Waals surface area contributed by atoms with Crippen LogP contribution in [0.1, 0.15) is 62.9 Å². The van der Waals surface area contributed by atoms with Gasteiger partial charge in [-0.1, -0.05) is 54.6 Å². The van der Waals surface area contributed by atoms with Crippen molar-refractivity contribution in [3.05, 3.63) is 100 Å². The van der Waals surface area contributed by atoms with Gasteiger partial charge in [-0.3, -0.25) is 9.59 Å². The number of amides is 2.